The van der Waals surface area contributed by atoms with Crippen LogP contribution in [-0.2, 0) is 6.54 Å². The Kier molecular flexibility index (Phi) is 6.01. The van der Waals surface area contributed by atoms with E-state index in [1.54, 1.807) is 18.3 Å². The average molecular weight is 393 g/mol. The molecule has 0 unspecified atom stereocenters. The number of aromatic nitrogens is 2. The number of carbonyl (C=O) groups is 1. The van der Waals surface area contributed by atoms with Crippen LogP contribution in [0.1, 0.15) is 42.4 Å². The maximum atomic E-state index is 12.9. The van der Waals surface area contributed by atoms with E-state index in [0.717, 1.165) is 30.0 Å². The second kappa shape index (κ2) is 8.47. The lowest BCUT2D eigenvalue weighted by atomic mass is 10.1. The monoisotopic (exact) mass is 392 g/mol. The highest BCUT2D eigenvalue weighted by atomic mass is 16.2. The number of rotatable bonds is 6. The molecule has 6 nitrogen and oxygen atoms in total. The topological polar surface area (TPSA) is 67.2 Å². The summed E-state index contributed by atoms with van der Waals surface area (Å²) in [7, 11) is 0. The number of carbonyl (C=O) groups excluding carboxylic acids is 1. The number of nitrogens with one attached hydrogen (secondary N) is 1. The molecule has 2 aromatic heterocycles. The minimum absolute atomic E-state index is 0.122. The molecule has 3 aromatic rings. The molecule has 1 aromatic carbocycles. The normalized spacial score (nSPS) is 10.9. The number of hydrogen-bond acceptors (Lipinski definition) is 4. The molecule has 2 heterocycles. The van der Waals surface area contributed by atoms with Gasteiger partial charge < -0.3 is 14.8 Å². The lowest BCUT2D eigenvalue weighted by Crippen LogP contribution is -2.25. The molecule has 0 aliphatic heterocycles. The van der Waals surface area contributed by atoms with Gasteiger partial charge >= 0.3 is 0 Å². The number of amides is 1. The third-order valence-electron chi connectivity index (χ3n) is 5.23. The Labute approximate surface area is 171 Å². The lowest BCUT2D eigenvalue weighted by molar-refractivity contribution is 0.102. The van der Waals surface area contributed by atoms with Crippen molar-refractivity contribution in [3.8, 4) is 0 Å². The molecule has 0 aliphatic carbocycles. The maximum Gasteiger partial charge on any atom is 0.261 e. The van der Waals surface area contributed by atoms with Gasteiger partial charge in [-0.1, -0.05) is 0 Å². The van der Waals surface area contributed by atoms with Crippen LogP contribution in [-0.4, -0.2) is 28.5 Å². The van der Waals surface area contributed by atoms with Crippen molar-refractivity contribution in [3.05, 3.63) is 63.6 Å². The van der Waals surface area contributed by atoms with Crippen molar-refractivity contribution >= 4 is 28.3 Å². The fourth-order valence-electron chi connectivity index (χ4n) is 3.53. The van der Waals surface area contributed by atoms with Crippen molar-refractivity contribution in [2.75, 3.05) is 23.3 Å². The summed E-state index contributed by atoms with van der Waals surface area (Å²) >= 11 is 0. The van der Waals surface area contributed by atoms with Gasteiger partial charge in [-0.2, -0.15) is 0 Å². The number of aryl methyl sites for hydroxylation is 3. The Morgan fingerprint density at radius 3 is 2.45 bits per heavy atom. The third kappa shape index (κ3) is 4.01. The highest BCUT2D eigenvalue weighted by molar-refractivity contribution is 6.06. The van der Waals surface area contributed by atoms with Crippen LogP contribution in [0.2, 0.25) is 0 Å². The molecule has 0 radical (unpaired) electrons. The summed E-state index contributed by atoms with van der Waals surface area (Å²) in [6.07, 6.45) is 1.60. The Morgan fingerprint density at radius 2 is 1.83 bits per heavy atom. The quantitative estimate of drug-likeness (QED) is 0.685. The van der Waals surface area contributed by atoms with Gasteiger partial charge in [0.15, 0.2) is 0 Å². The van der Waals surface area contributed by atoms with E-state index in [1.807, 2.05) is 37.5 Å². The van der Waals surface area contributed by atoms with E-state index in [2.05, 4.69) is 35.1 Å². The van der Waals surface area contributed by atoms with Gasteiger partial charge in [0.05, 0.1) is 5.39 Å². The van der Waals surface area contributed by atoms with E-state index >= 15 is 0 Å². The maximum absolute atomic E-state index is 12.9. The molecular formula is C23H28N4O2. The summed E-state index contributed by atoms with van der Waals surface area (Å²) in [6, 6.07) is 9.48. The van der Waals surface area contributed by atoms with Crippen molar-refractivity contribution < 1.29 is 4.79 Å². The molecule has 29 heavy (non-hydrogen) atoms. The number of benzene rings is 1. The number of anilines is 2. The van der Waals surface area contributed by atoms with E-state index in [9.17, 15) is 9.59 Å². The summed E-state index contributed by atoms with van der Waals surface area (Å²) in [5.74, 6) is -0.404. The summed E-state index contributed by atoms with van der Waals surface area (Å²) in [5.41, 5.74) is 4.04. The minimum atomic E-state index is -0.404. The highest BCUT2D eigenvalue weighted by Crippen LogP contribution is 2.23. The van der Waals surface area contributed by atoms with Gasteiger partial charge in [0.25, 0.3) is 5.91 Å². The van der Waals surface area contributed by atoms with Gasteiger partial charge in [-0.05, 0) is 70.5 Å². The molecule has 0 bridgehead atoms. The molecule has 0 saturated carbocycles. The fraction of sp³-hybridized carbons (Fsp3) is 0.348. The molecular weight excluding hydrogens is 364 g/mol. The van der Waals surface area contributed by atoms with Crippen LogP contribution in [0.25, 0.3) is 11.0 Å². The zero-order valence-electron chi connectivity index (χ0n) is 17.7. The van der Waals surface area contributed by atoms with E-state index < -0.39 is 5.91 Å². The van der Waals surface area contributed by atoms with Crippen LogP contribution in [0.5, 0.6) is 0 Å². The standard InChI is InChI=1S/C23H28N4O2/c1-6-26(7-2)17-10-12-20(15(4)13-17)25-23(29)19-14-27(8-3)22-18(21(19)28)11-9-16(5)24-22/h9-14H,6-8H2,1-5H3,(H,25,29). The minimum Gasteiger partial charge on any atom is -0.372 e. The second-order valence-electron chi connectivity index (χ2n) is 7.11. The summed E-state index contributed by atoms with van der Waals surface area (Å²) in [5, 5.41) is 3.36. The van der Waals surface area contributed by atoms with E-state index in [4.69, 9.17) is 0 Å². The van der Waals surface area contributed by atoms with Crippen LogP contribution >= 0.6 is 0 Å². The molecule has 0 saturated heterocycles. The summed E-state index contributed by atoms with van der Waals surface area (Å²) < 4.78 is 1.84. The molecule has 0 spiro atoms. The number of fused-ring (bicyclic) bond motifs is 1. The van der Waals surface area contributed by atoms with Gasteiger partial charge in [0.1, 0.15) is 11.2 Å². The Balaban J connectivity index is 1.97. The number of hydrogen-bond donors (Lipinski definition) is 1. The average Bonchev–Trinajstić information content (AvgIpc) is 2.71. The van der Waals surface area contributed by atoms with Gasteiger partial charge in [-0.15, -0.1) is 0 Å². The smallest absolute Gasteiger partial charge is 0.261 e. The van der Waals surface area contributed by atoms with Gasteiger partial charge in [-0.3, -0.25) is 9.59 Å². The summed E-state index contributed by atoms with van der Waals surface area (Å²) in [6.45, 7) is 12.5. The zero-order chi connectivity index (χ0) is 21.1. The number of nitrogens with zero attached hydrogens (tertiary/aromatic N) is 3. The van der Waals surface area contributed by atoms with Crippen molar-refractivity contribution in [1.82, 2.24) is 9.55 Å². The van der Waals surface area contributed by atoms with E-state index in [1.165, 1.54) is 0 Å². The molecule has 1 N–H and O–H groups in total. The van der Waals surface area contributed by atoms with Crippen LogP contribution in [0.15, 0.2) is 41.3 Å². The first-order valence-corrected chi connectivity index (χ1v) is 10.1. The van der Waals surface area contributed by atoms with Crippen LogP contribution < -0.4 is 15.6 Å². The van der Waals surface area contributed by atoms with Crippen LogP contribution in [0, 0.1) is 13.8 Å². The molecule has 0 aliphatic rings. The van der Waals surface area contributed by atoms with E-state index in [0.29, 0.717) is 23.3 Å². The second-order valence-corrected chi connectivity index (χ2v) is 7.11. The largest absolute Gasteiger partial charge is 0.372 e. The SMILES string of the molecule is CCN(CC)c1ccc(NC(=O)c2cn(CC)c3nc(C)ccc3c2=O)c(C)c1. The van der Waals surface area contributed by atoms with Gasteiger partial charge in [-0.25, -0.2) is 4.98 Å². The van der Waals surface area contributed by atoms with Crippen LogP contribution in [0.3, 0.4) is 0 Å². The molecule has 152 valence electrons. The highest BCUT2D eigenvalue weighted by Gasteiger charge is 2.17. The predicted octanol–water partition coefficient (Wildman–Crippen LogP) is 4.13. The third-order valence-corrected chi connectivity index (χ3v) is 5.23. The number of pyridine rings is 2. The van der Waals surface area contributed by atoms with Crippen molar-refractivity contribution in [2.45, 2.75) is 41.2 Å². The van der Waals surface area contributed by atoms with Crippen LogP contribution in [0.4, 0.5) is 11.4 Å². The molecule has 1 amide bonds. The van der Waals surface area contributed by atoms with Gasteiger partial charge in [0.2, 0.25) is 5.43 Å². The lowest BCUT2D eigenvalue weighted by Gasteiger charge is -2.22. The fourth-order valence-corrected chi connectivity index (χ4v) is 3.53. The Hall–Kier alpha value is -3.15. The van der Waals surface area contributed by atoms with E-state index in [-0.39, 0.29) is 11.0 Å². The Morgan fingerprint density at radius 1 is 1.10 bits per heavy atom. The van der Waals surface area contributed by atoms with Crippen molar-refractivity contribution in [1.29, 1.82) is 0 Å². The molecule has 3 rings (SSSR count). The Bertz CT molecular complexity index is 1110. The summed E-state index contributed by atoms with van der Waals surface area (Å²) in [4.78, 5) is 32.6. The van der Waals surface area contributed by atoms with Crippen molar-refractivity contribution in [2.24, 2.45) is 0 Å². The molecule has 0 atom stereocenters. The molecule has 6 heteroatoms. The van der Waals surface area contributed by atoms with Gasteiger partial charge in [0, 0.05) is 42.9 Å². The predicted molar refractivity (Wildman–Crippen MR) is 119 cm³/mol. The first-order valence-electron chi connectivity index (χ1n) is 10.1. The zero-order valence-corrected chi connectivity index (χ0v) is 17.7. The first kappa shape index (κ1) is 20.6. The first-order chi connectivity index (χ1) is 13.9. The molecule has 0 fully saturated rings. The van der Waals surface area contributed by atoms with Crippen molar-refractivity contribution in [3.63, 3.8) is 0 Å².